The molecule has 1 aromatic carbocycles. The van der Waals surface area contributed by atoms with E-state index in [1.54, 1.807) is 32.9 Å². The number of sulfonamides is 1. The molecule has 1 aliphatic carbocycles. The van der Waals surface area contributed by atoms with Crippen molar-refractivity contribution in [3.8, 4) is 0 Å². The summed E-state index contributed by atoms with van der Waals surface area (Å²) in [4.78, 5) is 26.6. The summed E-state index contributed by atoms with van der Waals surface area (Å²) < 4.78 is 32.3. The molecule has 1 aromatic heterocycles. The summed E-state index contributed by atoms with van der Waals surface area (Å²) in [6.07, 6.45) is 5.43. The maximum Gasteiger partial charge on any atom is 0.348 e. The van der Waals surface area contributed by atoms with Crippen molar-refractivity contribution in [2.24, 2.45) is 0 Å². The van der Waals surface area contributed by atoms with Crippen LogP contribution in [0.2, 0.25) is 0 Å². The Morgan fingerprint density at radius 1 is 1.09 bits per heavy atom. The molecule has 1 amide bonds. The first-order valence-electron chi connectivity index (χ1n) is 11.0. The van der Waals surface area contributed by atoms with E-state index in [2.05, 4.69) is 5.32 Å². The molecule has 174 valence electrons. The molecule has 3 rings (SSSR count). The fraction of sp³-hybridized carbons (Fsp3) is 0.478. The topological polar surface area (TPSA) is 92.8 Å². The summed E-state index contributed by atoms with van der Waals surface area (Å²) in [5, 5.41) is 2.62. The molecule has 0 fully saturated rings. The van der Waals surface area contributed by atoms with Gasteiger partial charge in [0.15, 0.2) is 6.61 Å². The Morgan fingerprint density at radius 3 is 2.53 bits per heavy atom. The van der Waals surface area contributed by atoms with Crippen LogP contribution in [0.25, 0.3) is 0 Å². The second-order valence-electron chi connectivity index (χ2n) is 7.81. The van der Waals surface area contributed by atoms with Crippen molar-refractivity contribution in [3.63, 3.8) is 0 Å². The van der Waals surface area contributed by atoms with Gasteiger partial charge in [0.25, 0.3) is 5.91 Å². The van der Waals surface area contributed by atoms with Crippen LogP contribution in [0.5, 0.6) is 0 Å². The number of nitrogens with one attached hydrogen (secondary N) is 1. The third kappa shape index (κ3) is 5.57. The first-order valence-corrected chi connectivity index (χ1v) is 13.2. The molecule has 1 aliphatic rings. The lowest BCUT2D eigenvalue weighted by Crippen LogP contribution is -2.31. The third-order valence-electron chi connectivity index (χ3n) is 5.58. The molecule has 32 heavy (non-hydrogen) atoms. The molecule has 0 saturated carbocycles. The minimum absolute atomic E-state index is 0.149. The summed E-state index contributed by atoms with van der Waals surface area (Å²) in [6, 6.07) is 6.61. The summed E-state index contributed by atoms with van der Waals surface area (Å²) in [6.45, 7) is 5.55. The van der Waals surface area contributed by atoms with E-state index in [1.165, 1.54) is 38.6 Å². The molecule has 1 N–H and O–H groups in total. The normalized spacial score (nSPS) is 14.0. The highest BCUT2D eigenvalue weighted by atomic mass is 32.2. The van der Waals surface area contributed by atoms with Crippen molar-refractivity contribution >= 4 is 38.9 Å². The number of carbonyl (C=O) groups excluding carboxylic acids is 2. The minimum atomic E-state index is -3.66. The lowest BCUT2D eigenvalue weighted by molar-refractivity contribution is -0.119. The Morgan fingerprint density at radius 2 is 1.81 bits per heavy atom. The number of thiophene rings is 1. The lowest BCUT2D eigenvalue weighted by atomic mass is 10.1. The Hall–Kier alpha value is -2.23. The van der Waals surface area contributed by atoms with Crippen LogP contribution in [0.15, 0.2) is 29.2 Å². The zero-order valence-corrected chi connectivity index (χ0v) is 20.4. The van der Waals surface area contributed by atoms with Gasteiger partial charge < -0.3 is 10.1 Å². The quantitative estimate of drug-likeness (QED) is 0.454. The van der Waals surface area contributed by atoms with Crippen molar-refractivity contribution in [3.05, 3.63) is 45.1 Å². The van der Waals surface area contributed by atoms with Crippen molar-refractivity contribution in [2.45, 2.75) is 57.8 Å². The number of anilines is 1. The molecule has 0 radical (unpaired) electrons. The van der Waals surface area contributed by atoms with Crippen LogP contribution in [0, 0.1) is 6.92 Å². The Kier molecular flexibility index (Phi) is 8.08. The van der Waals surface area contributed by atoms with Crippen LogP contribution < -0.4 is 5.32 Å². The van der Waals surface area contributed by atoms with E-state index in [4.69, 9.17) is 4.74 Å². The molecule has 1 heterocycles. The summed E-state index contributed by atoms with van der Waals surface area (Å²) in [5.74, 6) is -1.03. The van der Waals surface area contributed by atoms with E-state index in [1.807, 2.05) is 6.07 Å². The predicted octanol–water partition coefficient (Wildman–Crippen LogP) is 4.15. The van der Waals surface area contributed by atoms with Crippen LogP contribution >= 0.6 is 11.3 Å². The van der Waals surface area contributed by atoms with Gasteiger partial charge in [-0.25, -0.2) is 13.2 Å². The molecule has 9 heteroatoms. The molecule has 2 aromatic rings. The maximum atomic E-state index is 12.9. The highest BCUT2D eigenvalue weighted by molar-refractivity contribution is 7.89. The second-order valence-corrected chi connectivity index (χ2v) is 10.9. The van der Waals surface area contributed by atoms with Crippen LogP contribution in [0.1, 0.15) is 58.8 Å². The first-order chi connectivity index (χ1) is 15.3. The molecule has 0 spiro atoms. The average Bonchev–Trinajstić information content (AvgIpc) is 3.04. The van der Waals surface area contributed by atoms with Crippen molar-refractivity contribution < 1.29 is 22.7 Å². The van der Waals surface area contributed by atoms with Gasteiger partial charge in [0, 0.05) is 23.7 Å². The molecule has 0 saturated heterocycles. The number of fused-ring (bicyclic) bond motifs is 1. The van der Waals surface area contributed by atoms with E-state index < -0.39 is 28.5 Å². The SMILES string of the molecule is CCN(CC)S(=O)(=O)c1cc(NC(=O)COC(=O)c2cc3c(s2)CCCCC3)ccc1C. The van der Waals surface area contributed by atoms with Crippen LogP contribution in [-0.2, 0) is 32.4 Å². The molecule has 0 unspecified atom stereocenters. The van der Waals surface area contributed by atoms with Crippen molar-refractivity contribution in [2.75, 3.05) is 25.0 Å². The van der Waals surface area contributed by atoms with Crippen molar-refractivity contribution in [1.29, 1.82) is 0 Å². The Balaban J connectivity index is 1.63. The number of rotatable bonds is 8. The number of aryl methyl sites for hydroxylation is 3. The highest BCUT2D eigenvalue weighted by Crippen LogP contribution is 2.29. The zero-order chi connectivity index (χ0) is 23.3. The van der Waals surface area contributed by atoms with Crippen molar-refractivity contribution in [1.82, 2.24) is 4.31 Å². The van der Waals surface area contributed by atoms with Crippen LogP contribution in [0.3, 0.4) is 0 Å². The van der Waals surface area contributed by atoms with Gasteiger partial charge in [0.05, 0.1) is 4.90 Å². The van der Waals surface area contributed by atoms with Gasteiger partial charge in [0.2, 0.25) is 10.0 Å². The third-order valence-corrected chi connectivity index (χ3v) is 8.99. The summed E-state index contributed by atoms with van der Waals surface area (Å²) >= 11 is 1.45. The highest BCUT2D eigenvalue weighted by Gasteiger charge is 2.24. The van der Waals surface area contributed by atoms with E-state index in [0.29, 0.717) is 29.2 Å². The Labute approximate surface area is 193 Å². The Bertz CT molecular complexity index is 1060. The predicted molar refractivity (Wildman–Crippen MR) is 126 cm³/mol. The summed E-state index contributed by atoms with van der Waals surface area (Å²) in [7, 11) is -3.66. The second kappa shape index (κ2) is 10.6. The van der Waals surface area contributed by atoms with E-state index in [-0.39, 0.29) is 4.90 Å². The number of ether oxygens (including phenoxy) is 1. The fourth-order valence-electron chi connectivity index (χ4n) is 3.83. The van der Waals surface area contributed by atoms with Crippen LogP contribution in [-0.4, -0.2) is 44.3 Å². The van der Waals surface area contributed by atoms with Gasteiger partial charge >= 0.3 is 5.97 Å². The standard InChI is InChI=1S/C23H30N2O5S2/c1-4-25(5-2)32(28,29)21-14-18(12-11-16(21)3)24-22(26)15-30-23(27)20-13-17-9-7-6-8-10-19(17)31-20/h11-14H,4-10,15H2,1-3H3,(H,24,26). The molecule has 0 aliphatic heterocycles. The van der Waals surface area contributed by atoms with Crippen LogP contribution in [0.4, 0.5) is 5.69 Å². The summed E-state index contributed by atoms with van der Waals surface area (Å²) in [5.41, 5.74) is 2.15. The minimum Gasteiger partial charge on any atom is -0.451 e. The number of carbonyl (C=O) groups is 2. The molecule has 0 atom stereocenters. The smallest absolute Gasteiger partial charge is 0.348 e. The van der Waals surface area contributed by atoms with E-state index in [9.17, 15) is 18.0 Å². The number of hydrogen-bond acceptors (Lipinski definition) is 6. The van der Waals surface area contributed by atoms with Gasteiger partial charge in [-0.05, 0) is 61.9 Å². The molecular weight excluding hydrogens is 448 g/mol. The first kappa shape index (κ1) is 24.4. The average molecular weight is 479 g/mol. The largest absolute Gasteiger partial charge is 0.451 e. The van der Waals surface area contributed by atoms with Gasteiger partial charge in [-0.3, -0.25) is 4.79 Å². The van der Waals surface area contributed by atoms with Gasteiger partial charge in [0.1, 0.15) is 4.88 Å². The number of benzene rings is 1. The monoisotopic (exact) mass is 478 g/mol. The number of amides is 1. The maximum absolute atomic E-state index is 12.9. The molecule has 0 bridgehead atoms. The zero-order valence-electron chi connectivity index (χ0n) is 18.8. The van der Waals surface area contributed by atoms with E-state index in [0.717, 1.165) is 25.7 Å². The number of nitrogens with zero attached hydrogens (tertiary/aromatic N) is 1. The molecule has 7 nitrogen and oxygen atoms in total. The number of hydrogen-bond donors (Lipinski definition) is 1. The van der Waals surface area contributed by atoms with Gasteiger partial charge in [-0.2, -0.15) is 4.31 Å². The lowest BCUT2D eigenvalue weighted by Gasteiger charge is -2.20. The number of esters is 1. The fourth-order valence-corrected chi connectivity index (χ4v) is 6.68. The van der Waals surface area contributed by atoms with Gasteiger partial charge in [-0.15, -0.1) is 11.3 Å². The van der Waals surface area contributed by atoms with Gasteiger partial charge in [-0.1, -0.05) is 26.3 Å². The van der Waals surface area contributed by atoms with E-state index >= 15 is 0 Å². The molecular formula is C23H30N2O5S2.